The van der Waals surface area contributed by atoms with E-state index < -0.39 is 6.10 Å². The van der Waals surface area contributed by atoms with Crippen molar-refractivity contribution in [3.63, 3.8) is 0 Å². The average Bonchev–Trinajstić information content (AvgIpc) is 2.71. The molecule has 1 rings (SSSR count). The number of nitrogens with one attached hydrogen (secondary N) is 1. The molecule has 0 saturated heterocycles. The van der Waals surface area contributed by atoms with Crippen molar-refractivity contribution in [2.75, 3.05) is 33.5 Å². The maximum atomic E-state index is 9.55. The van der Waals surface area contributed by atoms with Gasteiger partial charge in [0.25, 0.3) is 0 Å². The number of ether oxygens (including phenoxy) is 2. The van der Waals surface area contributed by atoms with E-state index in [2.05, 4.69) is 10.3 Å². The number of hydrogen-bond acceptors (Lipinski definition) is 6. The molecule has 0 aliphatic carbocycles. The van der Waals surface area contributed by atoms with E-state index in [1.165, 1.54) is 0 Å². The van der Waals surface area contributed by atoms with Crippen LogP contribution in [0.5, 0.6) is 0 Å². The molecule has 0 aliphatic heterocycles. The Balaban J connectivity index is 2.02. The Labute approximate surface area is 101 Å². The van der Waals surface area contributed by atoms with Gasteiger partial charge in [0.2, 0.25) is 5.89 Å². The Bertz CT molecular complexity index is 303. The first-order valence-electron chi connectivity index (χ1n) is 5.59. The summed E-state index contributed by atoms with van der Waals surface area (Å²) in [6.07, 6.45) is 1.13. The molecule has 1 aromatic rings. The van der Waals surface area contributed by atoms with E-state index in [4.69, 9.17) is 13.9 Å². The highest BCUT2D eigenvalue weighted by atomic mass is 16.5. The van der Waals surface area contributed by atoms with Crippen LogP contribution in [-0.2, 0) is 16.0 Å². The van der Waals surface area contributed by atoms with Gasteiger partial charge in [0.1, 0.15) is 5.76 Å². The summed E-state index contributed by atoms with van der Waals surface area (Å²) in [6.45, 7) is 4.11. The van der Waals surface area contributed by atoms with E-state index in [0.717, 1.165) is 5.76 Å². The van der Waals surface area contributed by atoms with E-state index in [1.54, 1.807) is 13.3 Å². The zero-order chi connectivity index (χ0) is 12.5. The molecule has 6 heteroatoms. The monoisotopic (exact) mass is 244 g/mol. The van der Waals surface area contributed by atoms with Crippen LogP contribution in [0.4, 0.5) is 0 Å². The van der Waals surface area contributed by atoms with Crippen LogP contribution in [0.15, 0.2) is 10.6 Å². The quantitative estimate of drug-likeness (QED) is 0.600. The molecule has 1 atom stereocenters. The lowest BCUT2D eigenvalue weighted by molar-refractivity contribution is 0.0135. The molecular formula is C11H20N2O4. The second-order valence-electron chi connectivity index (χ2n) is 3.72. The number of aryl methyl sites for hydroxylation is 1. The van der Waals surface area contributed by atoms with E-state index >= 15 is 0 Å². The van der Waals surface area contributed by atoms with Crippen LogP contribution in [0.1, 0.15) is 11.7 Å². The Hall–Kier alpha value is -0.950. The van der Waals surface area contributed by atoms with Crippen LogP contribution in [0.25, 0.3) is 0 Å². The summed E-state index contributed by atoms with van der Waals surface area (Å²) in [4.78, 5) is 4.04. The number of rotatable bonds is 9. The van der Waals surface area contributed by atoms with Gasteiger partial charge in [0.15, 0.2) is 0 Å². The number of aliphatic hydroxyl groups excluding tert-OH is 1. The minimum atomic E-state index is -0.539. The molecule has 0 saturated carbocycles. The molecule has 1 unspecified atom stereocenters. The highest BCUT2D eigenvalue weighted by molar-refractivity contribution is 4.90. The fraction of sp³-hybridized carbons (Fsp3) is 0.727. The van der Waals surface area contributed by atoms with Gasteiger partial charge in [-0.2, -0.15) is 0 Å². The van der Waals surface area contributed by atoms with Gasteiger partial charge in [-0.15, -0.1) is 0 Å². The highest BCUT2D eigenvalue weighted by Crippen LogP contribution is 2.00. The molecule has 17 heavy (non-hydrogen) atoms. The molecule has 0 fully saturated rings. The largest absolute Gasteiger partial charge is 0.445 e. The van der Waals surface area contributed by atoms with Gasteiger partial charge in [0, 0.05) is 13.7 Å². The predicted octanol–water partition coefficient (Wildman–Crippen LogP) is 0.0965. The normalized spacial score (nSPS) is 12.9. The van der Waals surface area contributed by atoms with E-state index in [9.17, 15) is 5.11 Å². The lowest BCUT2D eigenvalue weighted by atomic mass is 10.4. The first-order chi connectivity index (χ1) is 8.22. The molecule has 0 amide bonds. The summed E-state index contributed by atoms with van der Waals surface area (Å²) >= 11 is 0. The van der Waals surface area contributed by atoms with Crippen molar-refractivity contribution in [1.29, 1.82) is 0 Å². The third-order valence-corrected chi connectivity index (χ3v) is 2.07. The lowest BCUT2D eigenvalue weighted by Gasteiger charge is -2.11. The number of methoxy groups -OCH3 is 1. The molecule has 0 spiro atoms. The van der Waals surface area contributed by atoms with Crippen LogP contribution in [0.2, 0.25) is 0 Å². The van der Waals surface area contributed by atoms with Gasteiger partial charge in [-0.1, -0.05) is 0 Å². The van der Waals surface area contributed by atoms with Gasteiger partial charge in [-0.3, -0.25) is 0 Å². The van der Waals surface area contributed by atoms with Gasteiger partial charge in [0.05, 0.1) is 38.7 Å². The fourth-order valence-electron chi connectivity index (χ4n) is 1.25. The first-order valence-corrected chi connectivity index (χ1v) is 5.59. The number of oxazole rings is 1. The van der Waals surface area contributed by atoms with E-state index in [1.807, 2.05) is 6.92 Å². The highest BCUT2D eigenvalue weighted by Gasteiger charge is 2.05. The molecular weight excluding hydrogens is 224 g/mol. The maximum absolute atomic E-state index is 9.55. The van der Waals surface area contributed by atoms with E-state index in [-0.39, 0.29) is 0 Å². The average molecular weight is 244 g/mol. The summed E-state index contributed by atoms with van der Waals surface area (Å²) < 4.78 is 15.3. The minimum Gasteiger partial charge on any atom is -0.445 e. The summed E-state index contributed by atoms with van der Waals surface area (Å²) in [6, 6.07) is 0. The first kappa shape index (κ1) is 14.1. The van der Waals surface area contributed by atoms with E-state index in [0.29, 0.717) is 38.8 Å². The summed E-state index contributed by atoms with van der Waals surface area (Å²) in [5.74, 6) is 1.40. The molecule has 6 nitrogen and oxygen atoms in total. The van der Waals surface area contributed by atoms with Crippen molar-refractivity contribution in [2.24, 2.45) is 0 Å². The predicted molar refractivity (Wildman–Crippen MR) is 61.6 cm³/mol. The van der Waals surface area contributed by atoms with Crippen LogP contribution >= 0.6 is 0 Å². The van der Waals surface area contributed by atoms with Gasteiger partial charge in [-0.25, -0.2) is 4.98 Å². The minimum absolute atomic E-state index is 0.293. The van der Waals surface area contributed by atoms with Crippen molar-refractivity contribution in [3.05, 3.63) is 17.8 Å². The maximum Gasteiger partial charge on any atom is 0.208 e. The second-order valence-corrected chi connectivity index (χ2v) is 3.72. The van der Waals surface area contributed by atoms with Crippen molar-refractivity contribution >= 4 is 0 Å². The molecule has 98 valence electrons. The number of nitrogens with zero attached hydrogens (tertiary/aromatic N) is 1. The van der Waals surface area contributed by atoms with Crippen molar-refractivity contribution < 1.29 is 19.0 Å². The SMILES string of the molecule is COCCOCC(O)CNCc1ncc(C)o1. The molecule has 0 aromatic carbocycles. The molecule has 1 heterocycles. The van der Waals surface area contributed by atoms with Crippen LogP contribution in [-0.4, -0.2) is 49.7 Å². The van der Waals surface area contributed by atoms with Crippen molar-refractivity contribution in [2.45, 2.75) is 19.6 Å². The van der Waals surface area contributed by atoms with Gasteiger partial charge < -0.3 is 24.3 Å². The topological polar surface area (TPSA) is 76.8 Å². The van der Waals surface area contributed by atoms with Gasteiger partial charge >= 0.3 is 0 Å². The molecule has 0 bridgehead atoms. The second kappa shape index (κ2) is 8.19. The smallest absolute Gasteiger partial charge is 0.208 e. The number of aliphatic hydroxyl groups is 1. The summed E-state index contributed by atoms with van der Waals surface area (Å²) in [7, 11) is 1.61. The lowest BCUT2D eigenvalue weighted by Crippen LogP contribution is -2.30. The number of aromatic nitrogens is 1. The zero-order valence-corrected chi connectivity index (χ0v) is 10.3. The Morgan fingerprint density at radius 2 is 2.35 bits per heavy atom. The van der Waals surface area contributed by atoms with Crippen LogP contribution in [0, 0.1) is 6.92 Å². The Morgan fingerprint density at radius 3 is 3.00 bits per heavy atom. The standard InChI is InChI=1S/C11H20N2O4/c1-9-5-13-11(17-9)7-12-6-10(14)8-16-4-3-15-2/h5,10,12,14H,3-4,6-8H2,1-2H3. The third kappa shape index (κ3) is 6.38. The van der Waals surface area contributed by atoms with Crippen LogP contribution in [0.3, 0.4) is 0 Å². The Morgan fingerprint density at radius 1 is 1.53 bits per heavy atom. The van der Waals surface area contributed by atoms with Crippen molar-refractivity contribution in [1.82, 2.24) is 10.3 Å². The third-order valence-electron chi connectivity index (χ3n) is 2.07. The fourth-order valence-corrected chi connectivity index (χ4v) is 1.25. The summed E-state index contributed by atoms with van der Waals surface area (Å²) in [5.41, 5.74) is 0. The van der Waals surface area contributed by atoms with Crippen molar-refractivity contribution in [3.8, 4) is 0 Å². The Kier molecular flexibility index (Phi) is 6.80. The molecule has 1 aromatic heterocycles. The van der Waals surface area contributed by atoms with Gasteiger partial charge in [-0.05, 0) is 6.92 Å². The molecule has 0 aliphatic rings. The van der Waals surface area contributed by atoms with Crippen LogP contribution < -0.4 is 5.32 Å². The zero-order valence-electron chi connectivity index (χ0n) is 10.3. The number of hydrogen-bond donors (Lipinski definition) is 2. The molecule has 2 N–H and O–H groups in total. The summed E-state index contributed by atoms with van der Waals surface area (Å²) in [5, 5.41) is 12.6. The molecule has 0 radical (unpaired) electrons.